The number of methoxy groups -OCH3 is 4. The number of nitrogens with zero attached hydrogens (tertiary/aromatic N) is 1. The van der Waals surface area contributed by atoms with Crippen LogP contribution in [0, 0.1) is 0 Å². The van der Waals surface area contributed by atoms with E-state index in [1.54, 1.807) is 28.4 Å². The molecule has 0 saturated carbocycles. The molecule has 0 aromatic rings. The first kappa shape index (κ1) is 26.6. The second-order valence-electron chi connectivity index (χ2n) is 6.32. The number of rotatable bonds is 19. The SMILES string of the molecule is COC(CPCCN(CCCOC(C)C)CCPCC(OC)OC)OC. The Kier molecular flexibility index (Phi) is 19.4. The van der Waals surface area contributed by atoms with Gasteiger partial charge in [-0.25, -0.2) is 0 Å². The molecule has 0 aromatic carbocycles. The Bertz CT molecular complexity index is 273. The van der Waals surface area contributed by atoms with Crippen LogP contribution in [0.15, 0.2) is 0 Å². The third-order valence-corrected chi connectivity index (χ3v) is 6.35. The summed E-state index contributed by atoms with van der Waals surface area (Å²) in [7, 11) is 8.53. The molecule has 26 heavy (non-hydrogen) atoms. The smallest absolute Gasteiger partial charge is 0.160 e. The molecule has 8 heteroatoms. The third kappa shape index (κ3) is 15.7. The van der Waals surface area contributed by atoms with Gasteiger partial charge in [-0.1, -0.05) is 0 Å². The number of hydrogen-bond acceptors (Lipinski definition) is 6. The van der Waals surface area contributed by atoms with Crippen molar-refractivity contribution < 1.29 is 23.7 Å². The van der Waals surface area contributed by atoms with Crippen LogP contribution < -0.4 is 0 Å². The minimum Gasteiger partial charge on any atom is -0.379 e. The topological polar surface area (TPSA) is 49.4 Å². The zero-order valence-electron chi connectivity index (χ0n) is 17.6. The minimum absolute atomic E-state index is 0.0669. The summed E-state index contributed by atoms with van der Waals surface area (Å²) in [6.07, 6.45) is 5.59. The van der Waals surface area contributed by atoms with Crippen molar-refractivity contribution in [3.05, 3.63) is 0 Å². The van der Waals surface area contributed by atoms with Gasteiger partial charge in [-0.05, 0) is 32.6 Å². The fourth-order valence-electron chi connectivity index (χ4n) is 2.38. The number of ether oxygens (including phenoxy) is 5. The molecule has 0 aliphatic rings. The summed E-state index contributed by atoms with van der Waals surface area (Å²) >= 11 is 0. The molecule has 0 aromatic heterocycles. The van der Waals surface area contributed by atoms with Crippen LogP contribution in [0.2, 0.25) is 0 Å². The normalized spacial score (nSPS) is 13.2. The van der Waals surface area contributed by atoms with Gasteiger partial charge >= 0.3 is 0 Å². The van der Waals surface area contributed by atoms with E-state index in [9.17, 15) is 0 Å². The van der Waals surface area contributed by atoms with Crippen LogP contribution in [-0.2, 0) is 23.7 Å². The number of hydrogen-bond donors (Lipinski definition) is 0. The summed E-state index contributed by atoms with van der Waals surface area (Å²) in [6.45, 7) is 8.36. The molecular formula is C18H41NO5P2. The summed E-state index contributed by atoms with van der Waals surface area (Å²) in [5, 5.41) is 0. The quantitative estimate of drug-likeness (QED) is 0.184. The van der Waals surface area contributed by atoms with Crippen LogP contribution in [0.3, 0.4) is 0 Å². The van der Waals surface area contributed by atoms with Gasteiger partial charge in [-0.15, -0.1) is 17.2 Å². The lowest BCUT2D eigenvalue weighted by Gasteiger charge is -2.23. The Labute approximate surface area is 164 Å². The minimum atomic E-state index is -0.0669. The molecule has 2 atom stereocenters. The standard InChI is InChI=1S/C18H41NO5P2/c1-16(2)24-11-7-8-19(9-12-25-14-17(20-3)21-4)10-13-26-15-18(22-5)23-6/h16-18,25-26H,7-15H2,1-6H3. The summed E-state index contributed by atoms with van der Waals surface area (Å²) in [4.78, 5) is 2.56. The molecular weight excluding hydrogens is 372 g/mol. The molecule has 0 N–H and O–H groups in total. The van der Waals surface area contributed by atoms with Crippen molar-refractivity contribution in [1.82, 2.24) is 4.90 Å². The van der Waals surface area contributed by atoms with Crippen LogP contribution in [0.4, 0.5) is 0 Å². The van der Waals surface area contributed by atoms with Gasteiger partial charge in [0.25, 0.3) is 0 Å². The first-order valence-corrected chi connectivity index (χ1v) is 12.3. The Morgan fingerprint density at radius 3 is 1.58 bits per heavy atom. The van der Waals surface area contributed by atoms with Gasteiger partial charge < -0.3 is 28.6 Å². The highest BCUT2D eigenvalue weighted by atomic mass is 31.1. The highest BCUT2D eigenvalue weighted by Gasteiger charge is 2.09. The first-order chi connectivity index (χ1) is 12.6. The Balaban J connectivity index is 4.07. The lowest BCUT2D eigenvalue weighted by atomic mass is 10.4. The molecule has 0 radical (unpaired) electrons. The molecule has 2 unspecified atom stereocenters. The molecule has 6 nitrogen and oxygen atoms in total. The lowest BCUT2D eigenvalue weighted by Crippen LogP contribution is -2.31. The van der Waals surface area contributed by atoms with Crippen molar-refractivity contribution in [2.45, 2.75) is 39.0 Å². The summed E-state index contributed by atoms with van der Waals surface area (Å²) < 4.78 is 26.7. The summed E-state index contributed by atoms with van der Waals surface area (Å²) in [5.74, 6) is 0. The average molecular weight is 413 g/mol. The monoisotopic (exact) mass is 413 g/mol. The Morgan fingerprint density at radius 2 is 1.19 bits per heavy atom. The fourth-order valence-corrected chi connectivity index (χ4v) is 4.88. The van der Waals surface area contributed by atoms with Gasteiger partial charge in [0.15, 0.2) is 12.6 Å². The highest BCUT2D eigenvalue weighted by molar-refractivity contribution is 7.38. The maximum atomic E-state index is 5.68. The molecule has 0 aliphatic heterocycles. The van der Waals surface area contributed by atoms with E-state index in [1.165, 1.54) is 12.3 Å². The van der Waals surface area contributed by atoms with Crippen LogP contribution in [0.25, 0.3) is 0 Å². The van der Waals surface area contributed by atoms with Crippen molar-refractivity contribution in [3.8, 4) is 0 Å². The predicted octanol–water partition coefficient (Wildman–Crippen LogP) is 2.70. The first-order valence-electron chi connectivity index (χ1n) is 9.43. The molecule has 0 amide bonds. The second-order valence-corrected chi connectivity index (χ2v) is 9.14. The molecule has 158 valence electrons. The van der Waals surface area contributed by atoms with E-state index in [0.29, 0.717) is 6.10 Å². The molecule has 0 fully saturated rings. The zero-order chi connectivity index (χ0) is 19.6. The Morgan fingerprint density at radius 1 is 0.731 bits per heavy atom. The average Bonchev–Trinajstić information content (AvgIpc) is 2.64. The third-order valence-electron chi connectivity index (χ3n) is 3.95. The van der Waals surface area contributed by atoms with E-state index < -0.39 is 0 Å². The van der Waals surface area contributed by atoms with E-state index in [-0.39, 0.29) is 12.6 Å². The van der Waals surface area contributed by atoms with Crippen molar-refractivity contribution in [2.75, 3.05) is 79.3 Å². The summed E-state index contributed by atoms with van der Waals surface area (Å²) in [6, 6.07) is 0. The van der Waals surface area contributed by atoms with Crippen molar-refractivity contribution in [1.29, 1.82) is 0 Å². The highest BCUT2D eigenvalue weighted by Crippen LogP contribution is 2.16. The zero-order valence-corrected chi connectivity index (χ0v) is 19.6. The van der Waals surface area contributed by atoms with Crippen molar-refractivity contribution >= 4 is 17.2 Å². The van der Waals surface area contributed by atoms with Crippen molar-refractivity contribution in [3.63, 3.8) is 0 Å². The Hall–Kier alpha value is 0.620. The van der Waals surface area contributed by atoms with E-state index in [0.717, 1.165) is 62.1 Å². The van der Waals surface area contributed by atoms with Crippen LogP contribution in [0.1, 0.15) is 20.3 Å². The van der Waals surface area contributed by atoms with Crippen LogP contribution >= 0.6 is 17.2 Å². The van der Waals surface area contributed by atoms with E-state index in [1.807, 2.05) is 0 Å². The van der Waals surface area contributed by atoms with Gasteiger partial charge in [-0.3, -0.25) is 0 Å². The molecule has 0 rings (SSSR count). The van der Waals surface area contributed by atoms with E-state index in [4.69, 9.17) is 23.7 Å². The van der Waals surface area contributed by atoms with Gasteiger partial charge in [0, 0.05) is 67.0 Å². The predicted molar refractivity (Wildman–Crippen MR) is 114 cm³/mol. The van der Waals surface area contributed by atoms with Crippen molar-refractivity contribution in [2.24, 2.45) is 0 Å². The molecule has 0 heterocycles. The molecule has 0 aliphatic carbocycles. The van der Waals surface area contributed by atoms with Gasteiger partial charge in [-0.2, -0.15) is 0 Å². The summed E-state index contributed by atoms with van der Waals surface area (Å²) in [5.41, 5.74) is 0. The van der Waals surface area contributed by atoms with Crippen LogP contribution in [-0.4, -0.2) is 103 Å². The van der Waals surface area contributed by atoms with Gasteiger partial charge in [0.05, 0.1) is 6.10 Å². The van der Waals surface area contributed by atoms with Gasteiger partial charge in [0.2, 0.25) is 0 Å². The lowest BCUT2D eigenvalue weighted by molar-refractivity contribution is -0.0848. The maximum Gasteiger partial charge on any atom is 0.160 e. The van der Waals surface area contributed by atoms with Gasteiger partial charge in [0.1, 0.15) is 0 Å². The fraction of sp³-hybridized carbons (Fsp3) is 1.00. The second kappa shape index (κ2) is 19.0. The molecule has 0 bridgehead atoms. The van der Waals surface area contributed by atoms with Crippen LogP contribution in [0.5, 0.6) is 0 Å². The largest absolute Gasteiger partial charge is 0.379 e. The van der Waals surface area contributed by atoms with E-state index >= 15 is 0 Å². The van der Waals surface area contributed by atoms with E-state index in [2.05, 4.69) is 18.7 Å². The molecule has 0 saturated heterocycles. The maximum absolute atomic E-state index is 5.68. The molecule has 0 spiro atoms.